The maximum Gasteiger partial charge on any atom is 0.434 e. The first-order valence-electron chi connectivity index (χ1n) is 9.04. The first kappa shape index (κ1) is 19.8. The van der Waals surface area contributed by atoms with E-state index in [1.807, 2.05) is 0 Å². The van der Waals surface area contributed by atoms with E-state index in [9.17, 15) is 18.0 Å². The summed E-state index contributed by atoms with van der Waals surface area (Å²) in [4.78, 5) is 20.7. The van der Waals surface area contributed by atoms with Crippen LogP contribution in [0.15, 0.2) is 23.4 Å². The number of halogens is 4. The number of pyridine rings is 1. The van der Waals surface area contributed by atoms with Crippen molar-refractivity contribution >= 4 is 22.6 Å². The highest BCUT2D eigenvalue weighted by atomic mass is 35.5. The van der Waals surface area contributed by atoms with Gasteiger partial charge in [-0.2, -0.15) is 18.3 Å². The molecule has 0 unspecified atom stereocenters. The van der Waals surface area contributed by atoms with Crippen LogP contribution in [0.25, 0.3) is 11.0 Å². The van der Waals surface area contributed by atoms with Gasteiger partial charge in [-0.3, -0.25) is 14.0 Å². The zero-order chi connectivity index (χ0) is 21.1. The summed E-state index contributed by atoms with van der Waals surface area (Å²) in [6.45, 7) is 1.77. The van der Waals surface area contributed by atoms with Crippen molar-refractivity contribution < 1.29 is 13.2 Å². The number of aromatic nitrogens is 5. The lowest BCUT2D eigenvalue weighted by Crippen LogP contribution is -2.40. The lowest BCUT2D eigenvalue weighted by molar-refractivity contribution is -0.141. The van der Waals surface area contributed by atoms with Crippen LogP contribution in [0.1, 0.15) is 49.2 Å². The number of hydrogen-bond acceptors (Lipinski definition) is 5. The number of nitrogens with two attached hydrogens (primary N) is 1. The molecule has 11 heteroatoms. The summed E-state index contributed by atoms with van der Waals surface area (Å²) in [5, 5.41) is 3.76. The molecular weight excluding hydrogens is 409 g/mol. The molecule has 1 atom stereocenters. The lowest BCUT2D eigenvalue weighted by atomic mass is 9.85. The van der Waals surface area contributed by atoms with Crippen LogP contribution in [0.3, 0.4) is 0 Å². The first-order chi connectivity index (χ1) is 13.6. The topological polar surface area (TPSA) is 91.6 Å². The molecule has 7 nitrogen and oxygen atoms in total. The molecule has 1 aliphatic carbocycles. The Morgan fingerprint density at radius 2 is 1.97 bits per heavy atom. The zero-order valence-electron chi connectivity index (χ0n) is 15.7. The van der Waals surface area contributed by atoms with E-state index in [-0.39, 0.29) is 22.7 Å². The second-order valence-electron chi connectivity index (χ2n) is 7.23. The molecule has 3 aromatic heterocycles. The maximum atomic E-state index is 13.0. The number of alkyl halides is 3. The molecule has 0 amide bonds. The third-order valence-electron chi connectivity index (χ3n) is 5.32. The summed E-state index contributed by atoms with van der Waals surface area (Å²) < 4.78 is 42.1. The molecule has 0 radical (unpaired) electrons. The highest BCUT2D eigenvalue weighted by Gasteiger charge is 2.39. The predicted molar refractivity (Wildman–Crippen MR) is 101 cm³/mol. The molecule has 0 aromatic carbocycles. The van der Waals surface area contributed by atoms with Gasteiger partial charge in [0.25, 0.3) is 5.56 Å². The molecule has 4 rings (SSSR count). The van der Waals surface area contributed by atoms with E-state index in [0.29, 0.717) is 17.6 Å². The quantitative estimate of drug-likeness (QED) is 0.692. The molecular formula is C18H18ClF3N6O. The van der Waals surface area contributed by atoms with Crippen LogP contribution in [0.4, 0.5) is 13.2 Å². The van der Waals surface area contributed by atoms with Gasteiger partial charge in [-0.05, 0) is 30.9 Å². The molecule has 0 bridgehead atoms. The monoisotopic (exact) mass is 426 g/mol. The third-order valence-corrected chi connectivity index (χ3v) is 5.60. The van der Waals surface area contributed by atoms with E-state index in [0.717, 1.165) is 25.1 Å². The van der Waals surface area contributed by atoms with Gasteiger partial charge in [-0.15, -0.1) is 0 Å². The molecule has 154 valence electrons. The fourth-order valence-electron chi connectivity index (χ4n) is 3.59. The van der Waals surface area contributed by atoms with Crippen LogP contribution in [0.5, 0.6) is 0 Å². The zero-order valence-corrected chi connectivity index (χ0v) is 16.4. The third kappa shape index (κ3) is 3.10. The van der Waals surface area contributed by atoms with E-state index in [1.54, 1.807) is 18.5 Å². The SMILES string of the molecule is CC[C@@](N)(c1cnc(C(F)(F)F)c(Cl)c1)c1c2ncn(C3CC3)c(=O)c2nn1C. The summed E-state index contributed by atoms with van der Waals surface area (Å²) in [6.07, 6.45) is -0.0211. The van der Waals surface area contributed by atoms with Gasteiger partial charge in [-0.25, -0.2) is 9.97 Å². The lowest BCUT2D eigenvalue weighted by Gasteiger charge is -2.29. The Kier molecular flexibility index (Phi) is 4.47. The average Bonchev–Trinajstić information content (AvgIpc) is 3.42. The van der Waals surface area contributed by atoms with Gasteiger partial charge in [0.1, 0.15) is 5.52 Å². The summed E-state index contributed by atoms with van der Waals surface area (Å²) in [7, 11) is 1.62. The van der Waals surface area contributed by atoms with Crippen molar-refractivity contribution in [3.8, 4) is 0 Å². The van der Waals surface area contributed by atoms with E-state index in [1.165, 1.54) is 11.0 Å². The summed E-state index contributed by atoms with van der Waals surface area (Å²) >= 11 is 5.85. The second-order valence-corrected chi connectivity index (χ2v) is 7.64. The molecule has 0 aliphatic heterocycles. The summed E-state index contributed by atoms with van der Waals surface area (Å²) in [5.41, 5.74) is 5.08. The van der Waals surface area contributed by atoms with Crippen LogP contribution < -0.4 is 11.3 Å². The molecule has 0 saturated heterocycles. The Morgan fingerprint density at radius 3 is 2.52 bits per heavy atom. The van der Waals surface area contributed by atoms with E-state index in [2.05, 4.69) is 15.1 Å². The molecule has 2 N–H and O–H groups in total. The molecule has 3 aromatic rings. The van der Waals surface area contributed by atoms with Crippen LogP contribution in [-0.4, -0.2) is 24.3 Å². The Bertz CT molecular complexity index is 1170. The van der Waals surface area contributed by atoms with E-state index >= 15 is 0 Å². The number of aryl methyl sites for hydroxylation is 1. The van der Waals surface area contributed by atoms with Gasteiger partial charge in [-0.1, -0.05) is 18.5 Å². The molecule has 29 heavy (non-hydrogen) atoms. The number of hydrogen-bond donors (Lipinski definition) is 1. The highest BCUT2D eigenvalue weighted by Crippen LogP contribution is 2.38. The maximum absolute atomic E-state index is 13.0. The molecule has 1 saturated carbocycles. The smallest absolute Gasteiger partial charge is 0.316 e. The highest BCUT2D eigenvalue weighted by molar-refractivity contribution is 6.31. The van der Waals surface area contributed by atoms with Crippen molar-refractivity contribution in [2.24, 2.45) is 12.8 Å². The number of fused-ring (bicyclic) bond motifs is 1. The fraction of sp³-hybridized carbons (Fsp3) is 0.444. The number of nitrogens with zero attached hydrogens (tertiary/aromatic N) is 5. The minimum atomic E-state index is -4.67. The molecule has 1 fully saturated rings. The minimum absolute atomic E-state index is 0.136. The van der Waals surface area contributed by atoms with E-state index in [4.69, 9.17) is 17.3 Å². The normalized spacial score (nSPS) is 16.9. The second kappa shape index (κ2) is 6.53. The van der Waals surface area contributed by atoms with Crippen molar-refractivity contribution in [1.82, 2.24) is 24.3 Å². The largest absolute Gasteiger partial charge is 0.434 e. The van der Waals surface area contributed by atoms with Crippen molar-refractivity contribution in [2.45, 2.75) is 43.9 Å². The van der Waals surface area contributed by atoms with Crippen molar-refractivity contribution in [3.05, 3.63) is 50.9 Å². The number of rotatable bonds is 4. The fourth-order valence-corrected chi connectivity index (χ4v) is 3.86. The Balaban J connectivity index is 1.90. The average molecular weight is 427 g/mol. The van der Waals surface area contributed by atoms with Gasteiger partial charge < -0.3 is 5.73 Å². The van der Waals surface area contributed by atoms with Crippen molar-refractivity contribution in [3.63, 3.8) is 0 Å². The van der Waals surface area contributed by atoms with Crippen LogP contribution in [-0.2, 0) is 18.8 Å². The molecule has 3 heterocycles. The predicted octanol–water partition coefficient (Wildman–Crippen LogP) is 3.14. The van der Waals surface area contributed by atoms with Crippen molar-refractivity contribution in [1.29, 1.82) is 0 Å². The Hall–Kier alpha value is -2.46. The van der Waals surface area contributed by atoms with Gasteiger partial charge in [0.15, 0.2) is 11.2 Å². The van der Waals surface area contributed by atoms with Gasteiger partial charge in [0, 0.05) is 19.3 Å². The first-order valence-corrected chi connectivity index (χ1v) is 9.42. The van der Waals surface area contributed by atoms with Crippen LogP contribution in [0, 0.1) is 0 Å². The molecule has 0 spiro atoms. The summed E-state index contributed by atoms with van der Waals surface area (Å²) in [5.74, 6) is 0. The minimum Gasteiger partial charge on any atom is -0.316 e. The molecule has 1 aliphatic rings. The Labute approximate surface area is 168 Å². The Morgan fingerprint density at radius 1 is 1.28 bits per heavy atom. The van der Waals surface area contributed by atoms with Crippen LogP contribution >= 0.6 is 11.6 Å². The van der Waals surface area contributed by atoms with E-state index < -0.39 is 22.4 Å². The van der Waals surface area contributed by atoms with Gasteiger partial charge in [0.2, 0.25) is 0 Å². The van der Waals surface area contributed by atoms with Gasteiger partial charge >= 0.3 is 6.18 Å². The van der Waals surface area contributed by atoms with Crippen molar-refractivity contribution in [2.75, 3.05) is 0 Å². The standard InChI is InChI=1S/C18H18ClF3N6O/c1-3-17(23,9-6-11(19)14(24-7-9)18(20,21)22)15-12-13(26-27(15)2)16(29)28(8-25-12)10-4-5-10/h6-8,10H,3-5,23H2,1-2H3/t17-/m1/s1. The summed E-state index contributed by atoms with van der Waals surface area (Å²) in [6, 6.07) is 1.29. The van der Waals surface area contributed by atoms with Gasteiger partial charge in [0.05, 0.1) is 22.6 Å². The van der Waals surface area contributed by atoms with Crippen LogP contribution in [0.2, 0.25) is 5.02 Å².